The lowest BCUT2D eigenvalue weighted by Gasteiger charge is -2.39. The quantitative estimate of drug-likeness (QED) is 0.778. The lowest BCUT2D eigenvalue weighted by molar-refractivity contribution is -0.145. The fourth-order valence-corrected chi connectivity index (χ4v) is 3.24. The molecule has 0 aromatic heterocycles. The van der Waals surface area contributed by atoms with Gasteiger partial charge >= 0.3 is 5.97 Å². The van der Waals surface area contributed by atoms with Crippen LogP contribution in [0.5, 0.6) is 0 Å². The van der Waals surface area contributed by atoms with Gasteiger partial charge in [-0.1, -0.05) is 19.8 Å². The average Bonchev–Trinajstić information content (AvgIpc) is 2.27. The first-order chi connectivity index (χ1) is 8.74. The van der Waals surface area contributed by atoms with Gasteiger partial charge in [-0.05, 0) is 46.6 Å². The van der Waals surface area contributed by atoms with E-state index in [9.17, 15) is 9.90 Å². The van der Waals surface area contributed by atoms with Gasteiger partial charge in [0, 0.05) is 18.6 Å². The van der Waals surface area contributed by atoms with Gasteiger partial charge in [0.05, 0.1) is 0 Å². The minimum absolute atomic E-state index is 0.166. The molecule has 0 saturated heterocycles. The molecule has 1 fully saturated rings. The van der Waals surface area contributed by atoms with Gasteiger partial charge in [-0.25, -0.2) is 0 Å². The van der Waals surface area contributed by atoms with Gasteiger partial charge in [-0.3, -0.25) is 10.1 Å². The maximum absolute atomic E-state index is 11.6. The summed E-state index contributed by atoms with van der Waals surface area (Å²) in [5.74, 6) is -0.00718. The smallest absolute Gasteiger partial charge is 0.324 e. The molecule has 0 bridgehead atoms. The van der Waals surface area contributed by atoms with Crippen LogP contribution in [0.15, 0.2) is 0 Å². The molecule has 3 unspecified atom stereocenters. The Morgan fingerprint density at radius 2 is 2.11 bits per heavy atom. The van der Waals surface area contributed by atoms with E-state index in [0.717, 1.165) is 5.92 Å². The van der Waals surface area contributed by atoms with Crippen LogP contribution in [0.4, 0.5) is 0 Å². The molecule has 4 nitrogen and oxygen atoms in total. The number of hydrogen-bond donors (Lipinski definition) is 2. The van der Waals surface area contributed by atoms with Crippen molar-refractivity contribution in [2.24, 2.45) is 5.92 Å². The van der Waals surface area contributed by atoms with Crippen LogP contribution in [-0.4, -0.2) is 47.2 Å². The van der Waals surface area contributed by atoms with Gasteiger partial charge < -0.3 is 10.0 Å². The first-order valence-corrected chi connectivity index (χ1v) is 7.46. The SMILES string of the molecule is CC1CCCC(N(C)CC(C)(NC(C)C)C(=O)O)C1. The highest BCUT2D eigenvalue weighted by Gasteiger charge is 2.36. The number of aliphatic carboxylic acids is 1. The second kappa shape index (κ2) is 6.71. The number of nitrogens with one attached hydrogen (secondary N) is 1. The number of rotatable bonds is 6. The van der Waals surface area contributed by atoms with Crippen LogP contribution >= 0.6 is 0 Å². The molecule has 1 rings (SSSR count). The van der Waals surface area contributed by atoms with Crippen LogP contribution in [0, 0.1) is 5.92 Å². The third-order valence-electron chi connectivity index (χ3n) is 4.18. The minimum atomic E-state index is -0.871. The van der Waals surface area contributed by atoms with E-state index in [4.69, 9.17) is 0 Å². The van der Waals surface area contributed by atoms with Crippen molar-refractivity contribution >= 4 is 5.97 Å². The van der Waals surface area contributed by atoms with Crippen molar-refractivity contribution in [1.82, 2.24) is 10.2 Å². The second-order valence-corrected chi connectivity index (χ2v) is 6.78. The molecule has 19 heavy (non-hydrogen) atoms. The van der Waals surface area contributed by atoms with Crippen molar-refractivity contribution in [3.05, 3.63) is 0 Å². The number of carboxylic acids is 1. The topological polar surface area (TPSA) is 52.6 Å². The van der Waals surface area contributed by atoms with E-state index in [0.29, 0.717) is 12.6 Å². The average molecular weight is 270 g/mol. The zero-order chi connectivity index (χ0) is 14.6. The molecule has 1 aliphatic carbocycles. The summed E-state index contributed by atoms with van der Waals surface area (Å²) in [6.45, 7) is 8.62. The predicted octanol–water partition coefficient (Wildman–Crippen LogP) is 2.34. The fraction of sp³-hybridized carbons (Fsp3) is 0.933. The number of carboxylic acid groups (broad SMARTS) is 1. The van der Waals surface area contributed by atoms with Crippen LogP contribution in [0.3, 0.4) is 0 Å². The normalized spacial score (nSPS) is 27.5. The summed E-state index contributed by atoms with van der Waals surface area (Å²) in [4.78, 5) is 13.8. The van der Waals surface area contributed by atoms with Crippen molar-refractivity contribution < 1.29 is 9.90 Å². The molecule has 0 aliphatic heterocycles. The Hall–Kier alpha value is -0.610. The number of carbonyl (C=O) groups is 1. The molecule has 0 amide bonds. The summed E-state index contributed by atoms with van der Waals surface area (Å²) in [6, 6.07) is 0.691. The summed E-state index contributed by atoms with van der Waals surface area (Å²) in [5.41, 5.74) is -0.871. The van der Waals surface area contributed by atoms with Gasteiger partial charge in [0.1, 0.15) is 5.54 Å². The van der Waals surface area contributed by atoms with Crippen molar-refractivity contribution in [3.63, 3.8) is 0 Å². The van der Waals surface area contributed by atoms with Crippen LogP contribution in [0.1, 0.15) is 53.4 Å². The van der Waals surface area contributed by atoms with E-state index in [1.165, 1.54) is 25.7 Å². The molecule has 1 aliphatic rings. The van der Waals surface area contributed by atoms with Crippen LogP contribution in [0.2, 0.25) is 0 Å². The summed E-state index contributed by atoms with van der Waals surface area (Å²) in [5, 5.41) is 12.7. The number of hydrogen-bond acceptors (Lipinski definition) is 3. The second-order valence-electron chi connectivity index (χ2n) is 6.78. The maximum Gasteiger partial charge on any atom is 0.324 e. The van der Waals surface area contributed by atoms with Gasteiger partial charge in [-0.2, -0.15) is 0 Å². The summed E-state index contributed by atoms with van der Waals surface area (Å²) < 4.78 is 0. The molecule has 2 N–H and O–H groups in total. The standard InChI is InChI=1S/C15H30N2O2/c1-11(2)16-15(4,14(18)19)10-17(5)13-8-6-7-12(3)9-13/h11-13,16H,6-10H2,1-5H3,(H,18,19). The minimum Gasteiger partial charge on any atom is -0.480 e. The van der Waals surface area contributed by atoms with E-state index in [2.05, 4.69) is 24.2 Å². The van der Waals surface area contributed by atoms with E-state index in [1.807, 2.05) is 13.8 Å². The Labute approximate surface area is 117 Å². The molecule has 3 atom stereocenters. The maximum atomic E-state index is 11.6. The third-order valence-corrected chi connectivity index (χ3v) is 4.18. The van der Waals surface area contributed by atoms with Gasteiger partial charge in [-0.15, -0.1) is 0 Å². The Morgan fingerprint density at radius 1 is 1.47 bits per heavy atom. The Balaban J connectivity index is 2.65. The zero-order valence-electron chi connectivity index (χ0n) is 13.1. The summed E-state index contributed by atoms with van der Waals surface area (Å²) in [6.07, 6.45) is 4.95. The fourth-order valence-electron chi connectivity index (χ4n) is 3.24. The van der Waals surface area contributed by atoms with E-state index in [-0.39, 0.29) is 6.04 Å². The Bertz CT molecular complexity index is 307. The molecule has 0 aromatic rings. The molecule has 0 heterocycles. The highest BCUT2D eigenvalue weighted by molar-refractivity contribution is 5.78. The monoisotopic (exact) mass is 270 g/mol. The van der Waals surface area contributed by atoms with Crippen molar-refractivity contribution in [1.29, 1.82) is 0 Å². The van der Waals surface area contributed by atoms with Crippen molar-refractivity contribution in [3.8, 4) is 0 Å². The van der Waals surface area contributed by atoms with Gasteiger partial charge in [0.25, 0.3) is 0 Å². The molecule has 1 saturated carbocycles. The molecule has 0 radical (unpaired) electrons. The van der Waals surface area contributed by atoms with E-state index in [1.54, 1.807) is 6.92 Å². The van der Waals surface area contributed by atoms with Crippen LogP contribution < -0.4 is 5.32 Å². The van der Waals surface area contributed by atoms with Gasteiger partial charge in [0.15, 0.2) is 0 Å². The zero-order valence-corrected chi connectivity index (χ0v) is 13.1. The molecular formula is C15H30N2O2. The number of likely N-dealkylation sites (N-methyl/N-ethyl adjacent to an activating group) is 1. The summed E-state index contributed by atoms with van der Waals surface area (Å²) >= 11 is 0. The van der Waals surface area contributed by atoms with Crippen molar-refractivity contribution in [2.75, 3.05) is 13.6 Å². The first-order valence-electron chi connectivity index (χ1n) is 7.46. The van der Waals surface area contributed by atoms with Gasteiger partial charge in [0.2, 0.25) is 0 Å². The highest BCUT2D eigenvalue weighted by atomic mass is 16.4. The lowest BCUT2D eigenvalue weighted by Crippen LogP contribution is -2.59. The summed E-state index contributed by atoms with van der Waals surface area (Å²) in [7, 11) is 2.06. The largest absolute Gasteiger partial charge is 0.480 e. The molecule has 112 valence electrons. The molecular weight excluding hydrogens is 240 g/mol. The predicted molar refractivity (Wildman–Crippen MR) is 78.4 cm³/mol. The highest BCUT2D eigenvalue weighted by Crippen LogP contribution is 2.27. The van der Waals surface area contributed by atoms with Crippen molar-refractivity contribution in [2.45, 2.75) is 71.0 Å². The first kappa shape index (κ1) is 16.4. The Kier molecular flexibility index (Phi) is 5.81. The lowest BCUT2D eigenvalue weighted by atomic mass is 9.85. The Morgan fingerprint density at radius 3 is 2.58 bits per heavy atom. The third kappa shape index (κ3) is 4.77. The van der Waals surface area contributed by atoms with E-state index < -0.39 is 11.5 Å². The molecule has 0 aromatic carbocycles. The van der Waals surface area contributed by atoms with Crippen LogP contribution in [0.25, 0.3) is 0 Å². The van der Waals surface area contributed by atoms with Crippen LogP contribution in [-0.2, 0) is 4.79 Å². The van der Waals surface area contributed by atoms with E-state index >= 15 is 0 Å². The molecule has 0 spiro atoms. The number of nitrogens with zero attached hydrogens (tertiary/aromatic N) is 1. The molecule has 4 heteroatoms.